The molecular formula is C21H18FN3O2S. The molecular weight excluding hydrogens is 377 g/mol. The number of aromatic nitrogens is 1. The van der Waals surface area contributed by atoms with Crippen LogP contribution < -0.4 is 10.2 Å². The van der Waals surface area contributed by atoms with Crippen molar-refractivity contribution in [1.29, 1.82) is 0 Å². The molecule has 0 saturated carbocycles. The number of aryl methyl sites for hydroxylation is 2. The first-order chi connectivity index (χ1) is 13.4. The van der Waals surface area contributed by atoms with Gasteiger partial charge in [0, 0.05) is 35.2 Å². The molecule has 0 bridgehead atoms. The van der Waals surface area contributed by atoms with E-state index in [9.17, 15) is 14.0 Å². The zero-order chi connectivity index (χ0) is 19.8. The molecule has 2 aromatic carbocycles. The quantitative estimate of drug-likeness (QED) is 0.714. The molecule has 1 aliphatic rings. The van der Waals surface area contributed by atoms with E-state index in [2.05, 4.69) is 10.3 Å². The van der Waals surface area contributed by atoms with E-state index < -0.39 is 0 Å². The number of carbonyl (C=O) groups is 2. The number of benzene rings is 2. The van der Waals surface area contributed by atoms with E-state index in [0.717, 1.165) is 27.4 Å². The maximum Gasteiger partial charge on any atom is 0.257 e. The lowest BCUT2D eigenvalue weighted by molar-refractivity contribution is -0.118. The van der Waals surface area contributed by atoms with E-state index in [1.807, 2.05) is 13.0 Å². The van der Waals surface area contributed by atoms with Crippen LogP contribution >= 0.6 is 11.3 Å². The van der Waals surface area contributed by atoms with Crippen LogP contribution in [0.1, 0.15) is 27.2 Å². The van der Waals surface area contributed by atoms with Crippen LogP contribution in [0.5, 0.6) is 0 Å². The van der Waals surface area contributed by atoms with Crippen LogP contribution in [0.4, 0.5) is 15.2 Å². The third-order valence-corrected chi connectivity index (χ3v) is 5.71. The van der Waals surface area contributed by atoms with Gasteiger partial charge in [-0.05, 0) is 61.4 Å². The highest BCUT2D eigenvalue weighted by molar-refractivity contribution is 7.16. The summed E-state index contributed by atoms with van der Waals surface area (Å²) in [6.07, 6.45) is 1.08. The summed E-state index contributed by atoms with van der Waals surface area (Å²) >= 11 is 1.38. The maximum atomic E-state index is 13.1. The Bertz CT molecular complexity index is 1080. The second kappa shape index (κ2) is 7.16. The molecule has 0 spiro atoms. The summed E-state index contributed by atoms with van der Waals surface area (Å²) in [5, 5.41) is 3.33. The van der Waals surface area contributed by atoms with E-state index in [0.29, 0.717) is 23.5 Å². The molecule has 4 rings (SSSR count). The van der Waals surface area contributed by atoms with Gasteiger partial charge in [-0.25, -0.2) is 9.37 Å². The SMILES string of the molecule is Cc1sc(NC(=O)c2ccc3c(c2)CCC(=O)N3C)nc1-c1ccc(F)cc1. The van der Waals surface area contributed by atoms with Gasteiger partial charge in [0.15, 0.2) is 5.13 Å². The number of hydrogen-bond donors (Lipinski definition) is 1. The van der Waals surface area contributed by atoms with Crippen LogP contribution in [0.15, 0.2) is 42.5 Å². The average Bonchev–Trinajstić information content (AvgIpc) is 3.05. The number of nitrogens with one attached hydrogen (secondary N) is 1. The largest absolute Gasteiger partial charge is 0.315 e. The summed E-state index contributed by atoms with van der Waals surface area (Å²) in [5.41, 5.74) is 3.88. The van der Waals surface area contributed by atoms with Gasteiger partial charge in [-0.1, -0.05) is 0 Å². The van der Waals surface area contributed by atoms with Gasteiger partial charge in [-0.2, -0.15) is 0 Å². The first kappa shape index (κ1) is 18.3. The number of nitrogens with zero attached hydrogens (tertiary/aromatic N) is 2. The fourth-order valence-corrected chi connectivity index (χ4v) is 4.12. The van der Waals surface area contributed by atoms with Gasteiger partial charge >= 0.3 is 0 Å². The summed E-state index contributed by atoms with van der Waals surface area (Å²) in [5.74, 6) is -0.469. The molecule has 7 heteroatoms. The lowest BCUT2D eigenvalue weighted by Gasteiger charge is -2.25. The number of halogens is 1. The zero-order valence-electron chi connectivity index (χ0n) is 15.5. The fourth-order valence-electron chi connectivity index (χ4n) is 3.29. The van der Waals surface area contributed by atoms with E-state index in [1.165, 1.54) is 23.5 Å². The zero-order valence-corrected chi connectivity index (χ0v) is 16.3. The Balaban J connectivity index is 1.55. The number of amides is 2. The number of hydrogen-bond acceptors (Lipinski definition) is 4. The Hall–Kier alpha value is -3.06. The number of fused-ring (bicyclic) bond motifs is 1. The molecule has 0 fully saturated rings. The summed E-state index contributed by atoms with van der Waals surface area (Å²) < 4.78 is 13.1. The van der Waals surface area contributed by atoms with Gasteiger partial charge < -0.3 is 4.90 Å². The summed E-state index contributed by atoms with van der Waals surface area (Å²) in [4.78, 5) is 31.5. The highest BCUT2D eigenvalue weighted by atomic mass is 32.1. The standard InChI is InChI=1S/C21H18FN3O2S/c1-12-19(13-3-7-16(22)8-4-13)23-21(28-12)24-20(27)15-5-9-17-14(11-15)6-10-18(26)25(17)2/h3-5,7-9,11H,6,10H2,1-2H3,(H,23,24,27). The van der Waals surface area contributed by atoms with Crippen molar-refractivity contribution in [1.82, 2.24) is 4.98 Å². The first-order valence-corrected chi connectivity index (χ1v) is 9.68. The minimum atomic E-state index is -0.301. The molecule has 2 heterocycles. The van der Waals surface area contributed by atoms with Gasteiger partial charge in [0.05, 0.1) is 5.69 Å². The lowest BCUT2D eigenvalue weighted by atomic mass is 9.99. The van der Waals surface area contributed by atoms with Gasteiger partial charge in [0.25, 0.3) is 5.91 Å². The van der Waals surface area contributed by atoms with Crippen molar-refractivity contribution in [3.05, 3.63) is 64.3 Å². The topological polar surface area (TPSA) is 62.3 Å². The van der Waals surface area contributed by atoms with Crippen molar-refractivity contribution in [2.45, 2.75) is 19.8 Å². The normalized spacial score (nSPS) is 13.4. The van der Waals surface area contributed by atoms with Gasteiger partial charge in [-0.3, -0.25) is 14.9 Å². The number of anilines is 2. The number of rotatable bonds is 3. The molecule has 1 aliphatic heterocycles. The lowest BCUT2D eigenvalue weighted by Crippen LogP contribution is -2.31. The predicted octanol–water partition coefficient (Wildman–Crippen LogP) is 4.42. The molecule has 1 N–H and O–H groups in total. The van der Waals surface area contributed by atoms with Crippen molar-refractivity contribution < 1.29 is 14.0 Å². The molecule has 0 atom stereocenters. The van der Waals surface area contributed by atoms with Crippen molar-refractivity contribution in [3.8, 4) is 11.3 Å². The maximum absolute atomic E-state index is 13.1. The van der Waals surface area contributed by atoms with Gasteiger partial charge in [0.2, 0.25) is 5.91 Å². The Morgan fingerprint density at radius 1 is 1.18 bits per heavy atom. The molecule has 0 aliphatic carbocycles. The average molecular weight is 395 g/mol. The molecule has 0 unspecified atom stereocenters. The van der Waals surface area contributed by atoms with Gasteiger partial charge in [-0.15, -0.1) is 11.3 Å². The van der Waals surface area contributed by atoms with E-state index in [-0.39, 0.29) is 17.6 Å². The Kier molecular flexibility index (Phi) is 4.68. The number of thiazole rings is 1. The van der Waals surface area contributed by atoms with Crippen LogP contribution in [0.3, 0.4) is 0 Å². The highest BCUT2D eigenvalue weighted by Gasteiger charge is 2.22. The van der Waals surface area contributed by atoms with Crippen molar-refractivity contribution in [2.75, 3.05) is 17.3 Å². The molecule has 5 nitrogen and oxygen atoms in total. The molecule has 2 amide bonds. The molecule has 0 saturated heterocycles. The second-order valence-electron chi connectivity index (χ2n) is 6.68. The van der Waals surface area contributed by atoms with Crippen LogP contribution in [0, 0.1) is 12.7 Å². The third-order valence-electron chi connectivity index (χ3n) is 4.82. The highest BCUT2D eigenvalue weighted by Crippen LogP contribution is 2.31. The Morgan fingerprint density at radius 2 is 1.93 bits per heavy atom. The monoisotopic (exact) mass is 395 g/mol. The minimum Gasteiger partial charge on any atom is -0.315 e. The summed E-state index contributed by atoms with van der Waals surface area (Å²) in [6, 6.07) is 11.5. The minimum absolute atomic E-state index is 0.0799. The molecule has 0 radical (unpaired) electrons. The van der Waals surface area contributed by atoms with Crippen LogP contribution in [0.2, 0.25) is 0 Å². The van der Waals surface area contributed by atoms with Crippen LogP contribution in [-0.4, -0.2) is 23.8 Å². The van der Waals surface area contributed by atoms with E-state index in [1.54, 1.807) is 36.2 Å². The molecule has 1 aromatic heterocycles. The number of carbonyl (C=O) groups excluding carboxylic acids is 2. The molecule has 28 heavy (non-hydrogen) atoms. The predicted molar refractivity (Wildman–Crippen MR) is 108 cm³/mol. The van der Waals surface area contributed by atoms with Crippen molar-refractivity contribution >= 4 is 34.0 Å². The first-order valence-electron chi connectivity index (χ1n) is 8.86. The summed E-state index contributed by atoms with van der Waals surface area (Å²) in [6.45, 7) is 1.91. The van der Waals surface area contributed by atoms with Gasteiger partial charge in [0.1, 0.15) is 5.82 Å². The molecule has 3 aromatic rings. The van der Waals surface area contributed by atoms with Crippen LogP contribution in [0.25, 0.3) is 11.3 Å². The summed E-state index contributed by atoms with van der Waals surface area (Å²) in [7, 11) is 1.75. The van der Waals surface area contributed by atoms with Crippen LogP contribution in [-0.2, 0) is 11.2 Å². The third kappa shape index (κ3) is 3.41. The molecule has 142 valence electrons. The fraction of sp³-hybridized carbons (Fsp3) is 0.190. The van der Waals surface area contributed by atoms with Crippen molar-refractivity contribution in [3.63, 3.8) is 0 Å². The van der Waals surface area contributed by atoms with E-state index >= 15 is 0 Å². The Labute approximate surface area is 165 Å². The van der Waals surface area contributed by atoms with Crippen molar-refractivity contribution in [2.24, 2.45) is 0 Å². The second-order valence-corrected chi connectivity index (χ2v) is 7.88. The smallest absolute Gasteiger partial charge is 0.257 e. The Morgan fingerprint density at radius 3 is 2.68 bits per heavy atom. The van der Waals surface area contributed by atoms with E-state index in [4.69, 9.17) is 0 Å².